The highest BCUT2D eigenvalue weighted by Gasteiger charge is 2.32. The topological polar surface area (TPSA) is 86.8 Å². The summed E-state index contributed by atoms with van der Waals surface area (Å²) in [6.07, 6.45) is 0.950. The lowest BCUT2D eigenvalue weighted by atomic mass is 10.1. The Bertz CT molecular complexity index is 1150. The van der Waals surface area contributed by atoms with E-state index in [9.17, 15) is 22.4 Å². The van der Waals surface area contributed by atoms with Crippen molar-refractivity contribution in [1.82, 2.24) is 10.2 Å². The lowest BCUT2D eigenvalue weighted by Crippen LogP contribution is -2.54. The molecule has 2 amide bonds. The van der Waals surface area contributed by atoms with Gasteiger partial charge in [0.1, 0.15) is 18.4 Å². The first kappa shape index (κ1) is 27.9. The summed E-state index contributed by atoms with van der Waals surface area (Å²) < 4.78 is 39.3. The Morgan fingerprint density at radius 2 is 1.68 bits per heavy atom. The highest BCUT2D eigenvalue weighted by molar-refractivity contribution is 7.92. The number of carbonyl (C=O) groups is 2. The molecular weight excluding hydrogens is 504 g/mol. The summed E-state index contributed by atoms with van der Waals surface area (Å²) in [5, 5.41) is 3.17. The van der Waals surface area contributed by atoms with Gasteiger partial charge in [-0.15, -0.1) is 0 Å². The molecule has 7 nitrogen and oxygen atoms in total. The van der Waals surface area contributed by atoms with Crippen LogP contribution < -0.4 is 9.62 Å². The molecule has 2 aromatic rings. The number of amides is 2. The fraction of sp³-hybridized carbons (Fsp3) is 0.391. The summed E-state index contributed by atoms with van der Waals surface area (Å²) in [4.78, 5) is 27.5. The predicted molar refractivity (Wildman–Crippen MR) is 133 cm³/mol. The van der Waals surface area contributed by atoms with E-state index in [2.05, 4.69) is 5.32 Å². The van der Waals surface area contributed by atoms with E-state index in [-0.39, 0.29) is 17.3 Å². The van der Waals surface area contributed by atoms with Gasteiger partial charge in [0.05, 0.1) is 17.0 Å². The lowest BCUT2D eigenvalue weighted by Gasteiger charge is -2.33. The standard InChI is InChI=1S/C23H28Cl2FN3O4S/c1-15(22(31)27-23(2,3)4)28(13-16-6-9-18(26)10-7-16)21(30)14-29(34(5,32)33)20-11-8-17(24)12-19(20)25/h6-12,15H,13-14H2,1-5H3,(H,27,31). The molecule has 0 aliphatic heterocycles. The van der Waals surface area contributed by atoms with Crippen molar-refractivity contribution in [2.75, 3.05) is 17.1 Å². The Morgan fingerprint density at radius 1 is 1.09 bits per heavy atom. The minimum Gasteiger partial charge on any atom is -0.350 e. The molecule has 11 heteroatoms. The number of nitrogens with zero attached hydrogens (tertiary/aromatic N) is 2. The van der Waals surface area contributed by atoms with Crippen LogP contribution in [0.4, 0.5) is 10.1 Å². The molecule has 0 saturated carbocycles. The van der Waals surface area contributed by atoms with Crippen molar-refractivity contribution >= 4 is 50.7 Å². The van der Waals surface area contributed by atoms with E-state index >= 15 is 0 Å². The molecule has 1 unspecified atom stereocenters. The number of hydrogen-bond donors (Lipinski definition) is 1. The van der Waals surface area contributed by atoms with Crippen LogP contribution in [0.15, 0.2) is 42.5 Å². The maximum absolute atomic E-state index is 13.4. The van der Waals surface area contributed by atoms with Gasteiger partial charge in [-0.25, -0.2) is 12.8 Å². The quantitative estimate of drug-likeness (QED) is 0.552. The average Bonchev–Trinajstić information content (AvgIpc) is 2.69. The van der Waals surface area contributed by atoms with Gasteiger partial charge in [0.25, 0.3) is 0 Å². The normalized spacial score (nSPS) is 12.7. The molecule has 0 aliphatic rings. The van der Waals surface area contributed by atoms with Gasteiger partial charge < -0.3 is 10.2 Å². The van der Waals surface area contributed by atoms with E-state index in [0.717, 1.165) is 10.6 Å². The van der Waals surface area contributed by atoms with E-state index in [1.54, 1.807) is 27.7 Å². The smallest absolute Gasteiger partial charge is 0.244 e. The first-order chi connectivity index (χ1) is 15.6. The lowest BCUT2D eigenvalue weighted by molar-refractivity contribution is -0.140. The molecule has 2 rings (SSSR count). The van der Waals surface area contributed by atoms with E-state index in [0.29, 0.717) is 10.6 Å². The number of benzene rings is 2. The van der Waals surface area contributed by atoms with Crippen LogP contribution >= 0.6 is 23.2 Å². The molecule has 0 radical (unpaired) electrons. The predicted octanol–water partition coefficient (Wildman–Crippen LogP) is 4.23. The van der Waals surface area contributed by atoms with Crippen LogP contribution in [0, 0.1) is 5.82 Å². The Hall–Kier alpha value is -2.36. The third-order valence-corrected chi connectivity index (χ3v) is 6.45. The maximum Gasteiger partial charge on any atom is 0.244 e. The second-order valence-corrected chi connectivity index (χ2v) is 11.7. The fourth-order valence-corrected chi connectivity index (χ4v) is 4.54. The van der Waals surface area contributed by atoms with Crippen LogP contribution in [-0.2, 0) is 26.2 Å². The minimum atomic E-state index is -3.93. The average molecular weight is 532 g/mol. The fourth-order valence-electron chi connectivity index (χ4n) is 3.12. The molecule has 0 fully saturated rings. The van der Waals surface area contributed by atoms with Crippen molar-refractivity contribution in [3.05, 3.63) is 63.9 Å². The van der Waals surface area contributed by atoms with Gasteiger partial charge in [0, 0.05) is 17.1 Å². The summed E-state index contributed by atoms with van der Waals surface area (Å²) in [5.74, 6) is -1.50. The number of halogens is 3. The molecule has 0 heterocycles. The first-order valence-electron chi connectivity index (χ1n) is 10.4. The Morgan fingerprint density at radius 3 is 2.18 bits per heavy atom. The van der Waals surface area contributed by atoms with Crippen LogP contribution in [0.5, 0.6) is 0 Å². The zero-order chi connectivity index (χ0) is 25.8. The van der Waals surface area contributed by atoms with Crippen molar-refractivity contribution in [3.63, 3.8) is 0 Å². The maximum atomic E-state index is 13.4. The van der Waals surface area contributed by atoms with Gasteiger partial charge in [0.2, 0.25) is 21.8 Å². The van der Waals surface area contributed by atoms with Crippen molar-refractivity contribution < 1.29 is 22.4 Å². The molecule has 186 valence electrons. The summed E-state index contributed by atoms with van der Waals surface area (Å²) in [5.41, 5.74) is 0.0991. The highest BCUT2D eigenvalue weighted by atomic mass is 35.5. The van der Waals surface area contributed by atoms with Crippen LogP contribution in [0.25, 0.3) is 0 Å². The second kappa shape index (κ2) is 10.9. The number of rotatable bonds is 8. The van der Waals surface area contributed by atoms with E-state index in [1.165, 1.54) is 47.4 Å². The summed E-state index contributed by atoms with van der Waals surface area (Å²) in [7, 11) is -3.93. The Kier molecular flexibility index (Phi) is 8.96. The van der Waals surface area contributed by atoms with Crippen LogP contribution in [-0.4, -0.2) is 49.5 Å². The molecule has 1 N–H and O–H groups in total. The molecule has 0 aliphatic carbocycles. The van der Waals surface area contributed by atoms with Crippen LogP contribution in [0.3, 0.4) is 0 Å². The zero-order valence-corrected chi connectivity index (χ0v) is 21.9. The van der Waals surface area contributed by atoms with Crippen molar-refractivity contribution in [2.45, 2.75) is 45.8 Å². The van der Waals surface area contributed by atoms with Gasteiger partial charge in [-0.05, 0) is 63.6 Å². The Balaban J connectivity index is 2.43. The third kappa shape index (κ3) is 7.85. The molecule has 0 saturated heterocycles. The molecule has 0 bridgehead atoms. The van der Waals surface area contributed by atoms with E-state index in [4.69, 9.17) is 23.2 Å². The number of anilines is 1. The van der Waals surface area contributed by atoms with Crippen LogP contribution in [0.1, 0.15) is 33.3 Å². The molecule has 0 spiro atoms. The molecule has 2 aromatic carbocycles. The molecule has 34 heavy (non-hydrogen) atoms. The number of sulfonamides is 1. The monoisotopic (exact) mass is 531 g/mol. The third-order valence-electron chi connectivity index (χ3n) is 4.79. The summed E-state index contributed by atoms with van der Waals surface area (Å²) in [6.45, 7) is 6.31. The molecule has 1 atom stereocenters. The van der Waals surface area contributed by atoms with Gasteiger partial charge in [-0.2, -0.15) is 0 Å². The summed E-state index contributed by atoms with van der Waals surface area (Å²) in [6, 6.07) is 8.76. The van der Waals surface area contributed by atoms with Crippen molar-refractivity contribution in [3.8, 4) is 0 Å². The van der Waals surface area contributed by atoms with Gasteiger partial charge >= 0.3 is 0 Å². The van der Waals surface area contributed by atoms with Gasteiger partial charge in [-0.1, -0.05) is 35.3 Å². The van der Waals surface area contributed by atoms with Crippen molar-refractivity contribution in [2.24, 2.45) is 0 Å². The summed E-state index contributed by atoms with van der Waals surface area (Å²) >= 11 is 12.1. The first-order valence-corrected chi connectivity index (χ1v) is 13.0. The van der Waals surface area contributed by atoms with E-state index < -0.39 is 45.8 Å². The molecule has 0 aromatic heterocycles. The number of nitrogens with one attached hydrogen (secondary N) is 1. The largest absolute Gasteiger partial charge is 0.350 e. The van der Waals surface area contributed by atoms with Crippen LogP contribution in [0.2, 0.25) is 10.0 Å². The number of carbonyl (C=O) groups excluding carboxylic acids is 2. The SMILES string of the molecule is CC(C(=O)NC(C)(C)C)N(Cc1ccc(F)cc1)C(=O)CN(c1ccc(Cl)cc1Cl)S(C)(=O)=O. The highest BCUT2D eigenvalue weighted by Crippen LogP contribution is 2.30. The van der Waals surface area contributed by atoms with Crippen molar-refractivity contribution in [1.29, 1.82) is 0 Å². The second-order valence-electron chi connectivity index (χ2n) is 8.93. The zero-order valence-electron chi connectivity index (χ0n) is 19.6. The van der Waals surface area contributed by atoms with E-state index in [1.807, 2.05) is 0 Å². The van der Waals surface area contributed by atoms with Gasteiger partial charge in [0.15, 0.2) is 0 Å². The molecular formula is C23H28Cl2FN3O4S. The Labute approximate surface area is 209 Å². The minimum absolute atomic E-state index is 0.0379. The number of hydrogen-bond acceptors (Lipinski definition) is 4. The van der Waals surface area contributed by atoms with Gasteiger partial charge in [-0.3, -0.25) is 13.9 Å².